The molecule has 5 heteroatoms. The Bertz CT molecular complexity index is 861. The molecule has 6 unspecified atom stereocenters. The highest BCUT2D eigenvalue weighted by atomic mass is 16.7. The van der Waals surface area contributed by atoms with Crippen molar-refractivity contribution in [2.45, 2.75) is 24.4 Å². The maximum atomic E-state index is 12.9. The minimum absolute atomic E-state index is 0.0227. The third-order valence-electron chi connectivity index (χ3n) is 5.62. The molecule has 23 heavy (non-hydrogen) atoms. The average Bonchev–Trinajstić information content (AvgIpc) is 3.08. The van der Waals surface area contributed by atoms with Crippen LogP contribution in [-0.2, 0) is 19.1 Å². The second-order valence-corrected chi connectivity index (χ2v) is 6.73. The molecule has 5 nitrogen and oxygen atoms in total. The molecule has 4 heterocycles. The molecule has 0 spiro atoms. The summed E-state index contributed by atoms with van der Waals surface area (Å²) < 4.78 is 11.3. The number of carbonyl (C=O) groups excluding carboxylic acids is 2. The van der Waals surface area contributed by atoms with Crippen molar-refractivity contribution in [2.75, 3.05) is 4.90 Å². The first-order valence-corrected chi connectivity index (χ1v) is 7.91. The largest absolute Gasteiger partial charge is 0.368 e. The minimum atomic E-state index is -0.372. The van der Waals surface area contributed by atoms with Gasteiger partial charge < -0.3 is 9.47 Å². The van der Waals surface area contributed by atoms with Gasteiger partial charge in [0.2, 0.25) is 11.8 Å². The van der Waals surface area contributed by atoms with Gasteiger partial charge in [0.1, 0.15) is 12.2 Å². The maximum Gasteiger partial charge on any atom is 0.240 e. The molecule has 114 valence electrons. The summed E-state index contributed by atoms with van der Waals surface area (Å²) in [6.07, 6.45) is -0.432. The fourth-order valence-electron chi connectivity index (χ4n) is 4.55. The van der Waals surface area contributed by atoms with E-state index in [2.05, 4.69) is 0 Å². The van der Waals surface area contributed by atoms with E-state index in [1.165, 1.54) is 4.90 Å². The lowest BCUT2D eigenvalue weighted by Crippen LogP contribution is -2.35. The Balaban J connectivity index is 1.45. The second kappa shape index (κ2) is 3.80. The van der Waals surface area contributed by atoms with E-state index in [0.29, 0.717) is 5.69 Å². The lowest BCUT2D eigenvalue weighted by molar-refractivity contribution is -0.126. The molecule has 0 N–H and O–H groups in total. The smallest absolute Gasteiger partial charge is 0.240 e. The van der Waals surface area contributed by atoms with Crippen molar-refractivity contribution in [2.24, 2.45) is 11.8 Å². The Kier molecular flexibility index (Phi) is 2.02. The van der Waals surface area contributed by atoms with Crippen LogP contribution in [0.3, 0.4) is 0 Å². The second-order valence-electron chi connectivity index (χ2n) is 6.73. The molecule has 2 aromatic carbocycles. The maximum absolute atomic E-state index is 12.9. The van der Waals surface area contributed by atoms with Gasteiger partial charge in [-0.15, -0.1) is 0 Å². The first-order chi connectivity index (χ1) is 11.2. The topological polar surface area (TPSA) is 59.1 Å². The van der Waals surface area contributed by atoms with Gasteiger partial charge in [-0.05, 0) is 22.9 Å². The summed E-state index contributed by atoms with van der Waals surface area (Å²) in [5.41, 5.74) is 0.655. The van der Waals surface area contributed by atoms with Crippen LogP contribution >= 0.6 is 0 Å². The van der Waals surface area contributed by atoms with Crippen molar-refractivity contribution in [1.29, 1.82) is 0 Å². The van der Waals surface area contributed by atoms with Crippen LogP contribution in [0.5, 0.6) is 0 Å². The molecule has 2 bridgehead atoms. The third kappa shape index (κ3) is 1.36. The number of carbonyl (C=O) groups is 2. The quantitative estimate of drug-likeness (QED) is 0.592. The molecule has 2 amide bonds. The molecule has 0 aromatic heterocycles. The van der Waals surface area contributed by atoms with E-state index >= 15 is 0 Å². The predicted molar refractivity (Wildman–Crippen MR) is 80.7 cm³/mol. The molecular weight excluding hydrogens is 294 g/mol. The van der Waals surface area contributed by atoms with Crippen LogP contribution in [-0.4, -0.2) is 36.2 Å². The van der Waals surface area contributed by atoms with Gasteiger partial charge >= 0.3 is 0 Å². The molecule has 4 aliphatic rings. The van der Waals surface area contributed by atoms with E-state index < -0.39 is 0 Å². The SMILES string of the molecule is O=C1C2C3OC(C4OC43)C2C(=O)N1c1ccc2ccccc2c1. The van der Waals surface area contributed by atoms with E-state index in [1.54, 1.807) is 0 Å². The number of amides is 2. The van der Waals surface area contributed by atoms with Crippen molar-refractivity contribution in [1.82, 2.24) is 0 Å². The number of ether oxygens (including phenoxy) is 2. The van der Waals surface area contributed by atoms with Gasteiger partial charge in [0.05, 0.1) is 29.7 Å². The van der Waals surface area contributed by atoms with E-state index in [-0.39, 0.29) is 48.1 Å². The lowest BCUT2D eigenvalue weighted by atomic mass is 9.81. The fourth-order valence-corrected chi connectivity index (χ4v) is 4.55. The van der Waals surface area contributed by atoms with Gasteiger partial charge in [-0.2, -0.15) is 0 Å². The highest BCUT2D eigenvalue weighted by molar-refractivity contribution is 6.23. The van der Waals surface area contributed by atoms with Gasteiger partial charge in [0, 0.05) is 0 Å². The Morgan fingerprint density at radius 2 is 1.35 bits per heavy atom. The highest BCUT2D eigenvalue weighted by Crippen LogP contribution is 2.57. The Labute approximate surface area is 131 Å². The van der Waals surface area contributed by atoms with Crippen molar-refractivity contribution >= 4 is 28.3 Å². The van der Waals surface area contributed by atoms with Gasteiger partial charge in [-0.1, -0.05) is 30.3 Å². The van der Waals surface area contributed by atoms with E-state index in [0.717, 1.165) is 10.8 Å². The summed E-state index contributed by atoms with van der Waals surface area (Å²) in [6, 6.07) is 13.6. The molecule has 6 rings (SSSR count). The van der Waals surface area contributed by atoms with Crippen molar-refractivity contribution < 1.29 is 19.1 Å². The molecule has 4 fully saturated rings. The fraction of sp³-hybridized carbons (Fsp3) is 0.333. The molecule has 2 aromatic rings. The highest BCUT2D eigenvalue weighted by Gasteiger charge is 2.75. The van der Waals surface area contributed by atoms with Crippen LogP contribution in [0.4, 0.5) is 5.69 Å². The molecule has 0 aliphatic carbocycles. The first-order valence-electron chi connectivity index (χ1n) is 7.91. The Morgan fingerprint density at radius 3 is 2.04 bits per heavy atom. The molecule has 0 radical (unpaired) electrons. The Morgan fingerprint density at radius 1 is 0.739 bits per heavy atom. The number of benzene rings is 2. The van der Waals surface area contributed by atoms with Crippen LogP contribution in [0.2, 0.25) is 0 Å². The van der Waals surface area contributed by atoms with Crippen LogP contribution in [0.1, 0.15) is 0 Å². The number of fused-ring (bicyclic) bond motifs is 9. The van der Waals surface area contributed by atoms with Crippen molar-refractivity contribution in [3.05, 3.63) is 42.5 Å². The molecule has 0 saturated carbocycles. The summed E-state index contributed by atoms with van der Waals surface area (Å²) >= 11 is 0. The molecule has 4 saturated heterocycles. The summed E-state index contributed by atoms with van der Waals surface area (Å²) in [5, 5.41) is 2.11. The van der Waals surface area contributed by atoms with E-state index in [4.69, 9.17) is 9.47 Å². The number of epoxide rings is 1. The minimum Gasteiger partial charge on any atom is -0.368 e. The summed E-state index contributed by atoms with van der Waals surface area (Å²) in [7, 11) is 0. The Hall–Kier alpha value is -2.24. The zero-order valence-electron chi connectivity index (χ0n) is 12.1. The van der Waals surface area contributed by atoms with Crippen molar-refractivity contribution in [3.63, 3.8) is 0 Å². The first kappa shape index (κ1) is 12.2. The zero-order chi connectivity index (χ0) is 15.3. The molecule has 6 atom stereocenters. The number of anilines is 1. The van der Waals surface area contributed by atoms with Crippen molar-refractivity contribution in [3.8, 4) is 0 Å². The number of nitrogens with zero attached hydrogens (tertiary/aromatic N) is 1. The van der Waals surface area contributed by atoms with Gasteiger partial charge in [0.15, 0.2) is 0 Å². The summed E-state index contributed by atoms with van der Waals surface area (Å²) in [6.45, 7) is 0. The average molecular weight is 307 g/mol. The van der Waals surface area contributed by atoms with E-state index in [9.17, 15) is 9.59 Å². The van der Waals surface area contributed by atoms with Crippen LogP contribution < -0.4 is 4.90 Å². The number of hydrogen-bond donors (Lipinski definition) is 0. The van der Waals surface area contributed by atoms with Gasteiger partial charge in [0.25, 0.3) is 0 Å². The number of imide groups is 1. The number of rotatable bonds is 1. The summed E-state index contributed by atoms with van der Waals surface area (Å²) in [5.74, 6) is -1.03. The monoisotopic (exact) mass is 307 g/mol. The third-order valence-corrected chi connectivity index (χ3v) is 5.62. The standard InChI is InChI=1S/C18H13NO4/c20-17-11-12(14-16-15(23-16)13(11)22-14)18(21)19(17)10-6-5-8-3-1-2-4-9(8)7-10/h1-7,11-16H. The molecule has 4 aliphatic heterocycles. The summed E-state index contributed by atoms with van der Waals surface area (Å²) in [4.78, 5) is 27.1. The van der Waals surface area contributed by atoms with Crippen LogP contribution in [0.15, 0.2) is 42.5 Å². The lowest BCUT2D eigenvalue weighted by Gasteiger charge is -2.19. The predicted octanol–water partition coefficient (Wildman–Crippen LogP) is 1.49. The van der Waals surface area contributed by atoms with Crippen LogP contribution in [0, 0.1) is 11.8 Å². The molecular formula is C18H13NO4. The van der Waals surface area contributed by atoms with Gasteiger partial charge in [-0.3, -0.25) is 9.59 Å². The number of hydrogen-bond acceptors (Lipinski definition) is 4. The van der Waals surface area contributed by atoms with Gasteiger partial charge in [-0.25, -0.2) is 4.90 Å². The normalized spacial score (nSPS) is 39.9. The zero-order valence-corrected chi connectivity index (χ0v) is 12.1. The van der Waals surface area contributed by atoms with E-state index in [1.807, 2.05) is 42.5 Å². The van der Waals surface area contributed by atoms with Crippen LogP contribution in [0.25, 0.3) is 10.8 Å².